The second kappa shape index (κ2) is 5.40. The lowest BCUT2D eigenvalue weighted by atomic mass is 9.80. The Morgan fingerprint density at radius 2 is 1.58 bits per heavy atom. The predicted molar refractivity (Wildman–Crippen MR) is 78.1 cm³/mol. The van der Waals surface area contributed by atoms with Gasteiger partial charge in [0.05, 0.1) is 0 Å². The fourth-order valence-corrected chi connectivity index (χ4v) is 2.99. The molecule has 0 N–H and O–H groups in total. The van der Waals surface area contributed by atoms with Crippen molar-refractivity contribution < 1.29 is 4.79 Å². The summed E-state index contributed by atoms with van der Waals surface area (Å²) in [5, 5.41) is 0. The lowest BCUT2D eigenvalue weighted by Crippen LogP contribution is -2.17. The van der Waals surface area contributed by atoms with E-state index in [4.69, 9.17) is 0 Å². The minimum absolute atomic E-state index is 0.102. The summed E-state index contributed by atoms with van der Waals surface area (Å²) in [6.45, 7) is 0. The summed E-state index contributed by atoms with van der Waals surface area (Å²) in [6, 6.07) is 18.7. The van der Waals surface area contributed by atoms with Crippen LogP contribution in [0.15, 0.2) is 54.6 Å². The van der Waals surface area contributed by atoms with Crippen LogP contribution >= 0.6 is 0 Å². The van der Waals surface area contributed by atoms with Gasteiger partial charge < -0.3 is 0 Å². The smallest absolute Gasteiger partial charge is 0.140 e. The van der Waals surface area contributed by atoms with Crippen LogP contribution < -0.4 is 0 Å². The minimum Gasteiger partial charge on any atom is -0.299 e. The van der Waals surface area contributed by atoms with Crippen LogP contribution in [-0.4, -0.2) is 5.78 Å². The molecule has 1 aliphatic rings. The van der Waals surface area contributed by atoms with E-state index in [1.807, 2.05) is 12.1 Å². The molecule has 3 rings (SSSR count). The average Bonchev–Trinajstić information content (AvgIpc) is 2.49. The minimum atomic E-state index is 0.102. The molecule has 1 nitrogen and oxygen atoms in total. The first-order valence-corrected chi connectivity index (χ1v) is 7.03. The number of carbonyl (C=O) groups excluding carboxylic acids is 1. The molecule has 0 aromatic heterocycles. The van der Waals surface area contributed by atoms with Gasteiger partial charge in [-0.3, -0.25) is 4.79 Å². The molecule has 0 amide bonds. The monoisotopic (exact) mass is 250 g/mol. The molecule has 0 spiro atoms. The number of benzene rings is 2. The number of hydrogen-bond acceptors (Lipinski definition) is 1. The van der Waals surface area contributed by atoms with Gasteiger partial charge >= 0.3 is 0 Å². The summed E-state index contributed by atoms with van der Waals surface area (Å²) in [5.41, 5.74) is 3.62. The number of carbonyl (C=O) groups is 1. The maximum absolute atomic E-state index is 12.2. The van der Waals surface area contributed by atoms with Gasteiger partial charge in [0.25, 0.3) is 0 Å². The first kappa shape index (κ1) is 12.2. The van der Waals surface area contributed by atoms with Gasteiger partial charge in [-0.05, 0) is 29.5 Å². The molecule has 1 fully saturated rings. The van der Waals surface area contributed by atoms with Crippen LogP contribution in [-0.2, 0) is 4.79 Å². The molecule has 1 aliphatic carbocycles. The molecule has 96 valence electrons. The first-order chi connectivity index (χ1) is 9.36. The van der Waals surface area contributed by atoms with Crippen molar-refractivity contribution >= 4 is 5.78 Å². The fraction of sp³-hybridized carbons (Fsp3) is 0.278. The van der Waals surface area contributed by atoms with E-state index in [-0.39, 0.29) is 5.92 Å². The average molecular weight is 250 g/mol. The molecule has 0 aliphatic heterocycles. The van der Waals surface area contributed by atoms with Crippen LogP contribution in [0.5, 0.6) is 0 Å². The fourth-order valence-electron chi connectivity index (χ4n) is 2.99. The molecule has 1 heteroatoms. The van der Waals surface area contributed by atoms with Crippen molar-refractivity contribution in [2.24, 2.45) is 0 Å². The van der Waals surface area contributed by atoms with Crippen LogP contribution in [0.3, 0.4) is 0 Å². The van der Waals surface area contributed by atoms with Gasteiger partial charge in [0.1, 0.15) is 5.78 Å². The lowest BCUT2D eigenvalue weighted by Gasteiger charge is -2.23. The molecule has 0 bridgehead atoms. The van der Waals surface area contributed by atoms with Crippen molar-refractivity contribution in [2.45, 2.75) is 31.6 Å². The first-order valence-electron chi connectivity index (χ1n) is 7.03. The van der Waals surface area contributed by atoms with Crippen molar-refractivity contribution in [3.8, 4) is 11.1 Å². The zero-order chi connectivity index (χ0) is 13.1. The van der Waals surface area contributed by atoms with Gasteiger partial charge in [0.2, 0.25) is 0 Å². The van der Waals surface area contributed by atoms with Crippen LogP contribution in [0.2, 0.25) is 0 Å². The van der Waals surface area contributed by atoms with Crippen molar-refractivity contribution in [3.05, 3.63) is 60.2 Å². The molecule has 2 aromatic carbocycles. The highest BCUT2D eigenvalue weighted by atomic mass is 16.1. The van der Waals surface area contributed by atoms with Crippen LogP contribution in [0, 0.1) is 0 Å². The van der Waals surface area contributed by atoms with E-state index in [0.717, 1.165) is 19.3 Å². The highest BCUT2D eigenvalue weighted by Gasteiger charge is 2.25. The maximum Gasteiger partial charge on any atom is 0.140 e. The van der Waals surface area contributed by atoms with Crippen LogP contribution in [0.1, 0.15) is 37.2 Å². The molecule has 0 heterocycles. The van der Waals surface area contributed by atoms with E-state index in [9.17, 15) is 4.79 Å². The Hall–Kier alpha value is -1.89. The van der Waals surface area contributed by atoms with E-state index in [2.05, 4.69) is 42.5 Å². The van der Waals surface area contributed by atoms with Gasteiger partial charge in [0.15, 0.2) is 0 Å². The Balaban J connectivity index is 2.04. The second-order valence-electron chi connectivity index (χ2n) is 5.22. The Bertz CT molecular complexity index is 571. The molecular formula is C18H18O. The number of ketones is 1. The van der Waals surface area contributed by atoms with E-state index < -0.39 is 0 Å². The Labute approximate surface area is 114 Å². The van der Waals surface area contributed by atoms with E-state index >= 15 is 0 Å². The molecule has 1 atom stereocenters. The zero-order valence-corrected chi connectivity index (χ0v) is 11.0. The maximum atomic E-state index is 12.2. The number of hydrogen-bond donors (Lipinski definition) is 0. The topological polar surface area (TPSA) is 17.1 Å². The Kier molecular flexibility index (Phi) is 3.45. The molecule has 19 heavy (non-hydrogen) atoms. The van der Waals surface area contributed by atoms with Gasteiger partial charge in [-0.2, -0.15) is 0 Å². The normalized spacial score (nSPS) is 19.4. The van der Waals surface area contributed by atoms with Crippen LogP contribution in [0.4, 0.5) is 0 Å². The van der Waals surface area contributed by atoms with E-state index in [1.54, 1.807) is 0 Å². The summed E-state index contributed by atoms with van der Waals surface area (Å²) in [4.78, 5) is 12.2. The quantitative estimate of drug-likeness (QED) is 0.762. The summed E-state index contributed by atoms with van der Waals surface area (Å²) in [7, 11) is 0. The Morgan fingerprint density at radius 3 is 2.37 bits per heavy atom. The van der Waals surface area contributed by atoms with Gasteiger partial charge in [-0.1, -0.05) is 61.0 Å². The van der Waals surface area contributed by atoms with Gasteiger partial charge in [-0.25, -0.2) is 0 Å². The molecule has 0 saturated heterocycles. The summed E-state index contributed by atoms with van der Waals surface area (Å²) >= 11 is 0. The number of Topliss-reactive ketones (excluding diaryl/α,β-unsaturated/α-hetero) is 1. The van der Waals surface area contributed by atoms with E-state index in [1.165, 1.54) is 23.1 Å². The van der Waals surface area contributed by atoms with Gasteiger partial charge in [-0.15, -0.1) is 0 Å². The van der Waals surface area contributed by atoms with Crippen molar-refractivity contribution in [1.29, 1.82) is 0 Å². The van der Waals surface area contributed by atoms with Crippen molar-refractivity contribution in [1.82, 2.24) is 0 Å². The highest BCUT2D eigenvalue weighted by molar-refractivity contribution is 5.88. The lowest BCUT2D eigenvalue weighted by molar-refractivity contribution is -0.121. The third-order valence-corrected chi connectivity index (χ3v) is 3.98. The number of rotatable bonds is 2. The third-order valence-electron chi connectivity index (χ3n) is 3.98. The second-order valence-corrected chi connectivity index (χ2v) is 5.22. The van der Waals surface area contributed by atoms with Crippen molar-refractivity contribution in [3.63, 3.8) is 0 Å². The van der Waals surface area contributed by atoms with Gasteiger partial charge in [0, 0.05) is 12.3 Å². The zero-order valence-electron chi connectivity index (χ0n) is 11.0. The molecular weight excluding hydrogens is 232 g/mol. The Morgan fingerprint density at radius 1 is 0.842 bits per heavy atom. The van der Waals surface area contributed by atoms with Crippen molar-refractivity contribution in [2.75, 3.05) is 0 Å². The van der Waals surface area contributed by atoms with E-state index in [0.29, 0.717) is 5.78 Å². The molecule has 1 saturated carbocycles. The highest BCUT2D eigenvalue weighted by Crippen LogP contribution is 2.35. The molecule has 2 aromatic rings. The van der Waals surface area contributed by atoms with Crippen LogP contribution in [0.25, 0.3) is 11.1 Å². The summed E-state index contributed by atoms with van der Waals surface area (Å²) in [5.74, 6) is 0.514. The standard InChI is InChI=1S/C18H18O/c19-18-13-7-6-12-17(18)16-11-5-4-10-15(16)14-8-2-1-3-9-14/h1-5,8-11,17H,6-7,12-13H2. The predicted octanol–water partition coefficient (Wildman–Crippen LogP) is 4.58. The largest absolute Gasteiger partial charge is 0.299 e. The summed E-state index contributed by atoms with van der Waals surface area (Å²) < 4.78 is 0. The molecule has 0 radical (unpaired) electrons. The third kappa shape index (κ3) is 2.46. The summed E-state index contributed by atoms with van der Waals surface area (Å²) in [6.07, 6.45) is 3.97. The molecule has 1 unspecified atom stereocenters. The SMILES string of the molecule is O=C1CCCCC1c1ccccc1-c1ccccc1.